The van der Waals surface area contributed by atoms with Gasteiger partial charge in [0, 0.05) is 29.7 Å². The number of hydrogen-bond acceptors (Lipinski definition) is 9. The zero-order valence-corrected chi connectivity index (χ0v) is 27.0. The van der Waals surface area contributed by atoms with E-state index in [1.54, 1.807) is 40.7 Å². The average Bonchev–Trinajstić information content (AvgIpc) is 3.56. The van der Waals surface area contributed by atoms with Crippen molar-refractivity contribution >= 4 is 29.5 Å². The van der Waals surface area contributed by atoms with Gasteiger partial charge >= 0.3 is 18.1 Å². The molecule has 1 amide bonds. The van der Waals surface area contributed by atoms with Crippen molar-refractivity contribution in [3.05, 3.63) is 51.8 Å². The van der Waals surface area contributed by atoms with E-state index in [2.05, 4.69) is 10.1 Å². The molecule has 4 rings (SSSR count). The van der Waals surface area contributed by atoms with Crippen molar-refractivity contribution in [3.8, 4) is 17.2 Å². The van der Waals surface area contributed by atoms with Gasteiger partial charge in [-0.3, -0.25) is 15.0 Å². The Bertz CT molecular complexity index is 1600. The maximum Gasteiger partial charge on any atom is 0.490 e. The Balaban J connectivity index is 0.000000598. The minimum atomic E-state index is -5.22. The van der Waals surface area contributed by atoms with Gasteiger partial charge in [-0.25, -0.2) is 14.0 Å². The lowest BCUT2D eigenvalue weighted by atomic mass is 9.83. The number of ketones is 1. The van der Waals surface area contributed by atoms with Crippen LogP contribution in [0.25, 0.3) is 0 Å². The van der Waals surface area contributed by atoms with Crippen molar-refractivity contribution in [2.75, 3.05) is 19.8 Å². The van der Waals surface area contributed by atoms with Gasteiger partial charge in [0.1, 0.15) is 24.2 Å². The molecule has 2 aromatic rings. The zero-order valence-electron chi connectivity index (χ0n) is 27.0. The number of carbonyl (C=O) groups excluding carboxylic acids is 3. The number of amides is 1. The molecule has 0 aliphatic carbocycles. The number of alkyl halides is 3. The van der Waals surface area contributed by atoms with Crippen molar-refractivity contribution in [1.82, 2.24) is 10.2 Å². The second-order valence-electron chi connectivity index (χ2n) is 11.9. The van der Waals surface area contributed by atoms with Crippen LogP contribution < -0.4 is 14.8 Å². The summed E-state index contributed by atoms with van der Waals surface area (Å²) in [6, 6.07) is 3.47. The molecule has 2 aliphatic rings. The predicted molar refractivity (Wildman–Crippen MR) is 162 cm³/mol. The second kappa shape index (κ2) is 14.9. The van der Waals surface area contributed by atoms with E-state index < -0.39 is 53.5 Å². The topological polar surface area (TPSA) is 176 Å². The number of nitrogens with one attached hydrogen (secondary N) is 2. The summed E-state index contributed by atoms with van der Waals surface area (Å²) >= 11 is 0. The highest BCUT2D eigenvalue weighted by molar-refractivity contribution is 6.06. The lowest BCUT2D eigenvalue weighted by molar-refractivity contribution is -0.201. The number of carboxylic acids is 1. The number of carbonyl (C=O) groups is 4. The number of hydrogen-bond donors (Lipinski definition) is 4. The Hall–Kier alpha value is -4.89. The summed E-state index contributed by atoms with van der Waals surface area (Å²) in [5.74, 6) is -5.44. The lowest BCUT2D eigenvalue weighted by Gasteiger charge is -2.24. The van der Waals surface area contributed by atoms with E-state index in [4.69, 9.17) is 20.0 Å². The molecule has 12 nitrogen and oxygen atoms in total. The van der Waals surface area contributed by atoms with Crippen LogP contribution in [-0.2, 0) is 37.7 Å². The molecule has 1 saturated heterocycles. The number of esters is 1. The number of amidine groups is 1. The number of fused-ring (bicyclic) bond motifs is 1. The molecule has 0 aromatic heterocycles. The van der Waals surface area contributed by atoms with Crippen LogP contribution >= 0.6 is 0 Å². The molecule has 1 fully saturated rings. The first-order valence-electron chi connectivity index (χ1n) is 14.9. The second-order valence-corrected chi connectivity index (χ2v) is 11.9. The smallest absolute Gasteiger partial charge is 0.490 e. The number of phenols is 1. The third-order valence-electron chi connectivity index (χ3n) is 7.31. The summed E-state index contributed by atoms with van der Waals surface area (Å²) in [5, 5.41) is 29.8. The highest BCUT2D eigenvalue weighted by Gasteiger charge is 2.41. The van der Waals surface area contributed by atoms with Gasteiger partial charge in [0.15, 0.2) is 23.1 Å². The number of halogens is 4. The summed E-state index contributed by atoms with van der Waals surface area (Å²) < 4.78 is 68.4. The Morgan fingerprint density at radius 3 is 2.23 bits per heavy atom. The van der Waals surface area contributed by atoms with Crippen LogP contribution in [0.1, 0.15) is 80.1 Å². The highest BCUT2D eigenvalue weighted by atomic mass is 19.4. The zero-order chi connectivity index (χ0) is 36.1. The van der Waals surface area contributed by atoms with Crippen molar-refractivity contribution in [3.63, 3.8) is 0 Å². The normalized spacial score (nSPS) is 15.7. The molecule has 48 heavy (non-hydrogen) atoms. The third kappa shape index (κ3) is 8.72. The van der Waals surface area contributed by atoms with Crippen molar-refractivity contribution < 1.29 is 61.2 Å². The van der Waals surface area contributed by atoms with E-state index in [0.29, 0.717) is 18.4 Å². The van der Waals surface area contributed by atoms with Gasteiger partial charge < -0.3 is 34.6 Å². The Kier molecular flexibility index (Phi) is 11.7. The molecule has 0 spiro atoms. The van der Waals surface area contributed by atoms with Crippen LogP contribution in [0.4, 0.5) is 17.6 Å². The average molecular weight is 684 g/mol. The van der Waals surface area contributed by atoms with E-state index in [9.17, 15) is 37.5 Å². The Morgan fingerprint density at radius 2 is 1.73 bits per heavy atom. The van der Waals surface area contributed by atoms with Crippen molar-refractivity contribution in [1.29, 1.82) is 5.41 Å². The standard InChI is InChI=1S/C27H30F4N2O6.C5H7NO3/c1-6-37-19-10-15-11-33(24(32)20(15)21(28)23(19)38-7-2)12-18(34)14-8-16(13-39-25(36)27(29,30)31)22(35)17(9-14)26(3,4)5;7-4-2-1-3(6-4)5(8)9/h8-10,32,35H,6-7,11-13H2,1-5H3;3H,1-2H2,(H,6,7)(H,8,9). The number of rotatable bonds is 10. The first kappa shape index (κ1) is 37.6. The summed E-state index contributed by atoms with van der Waals surface area (Å²) in [6.07, 6.45) is -4.45. The molecular weight excluding hydrogens is 646 g/mol. The van der Waals surface area contributed by atoms with Crippen molar-refractivity contribution in [2.24, 2.45) is 0 Å². The van der Waals surface area contributed by atoms with E-state index in [-0.39, 0.29) is 71.8 Å². The Morgan fingerprint density at radius 1 is 1.08 bits per heavy atom. The van der Waals surface area contributed by atoms with Crippen LogP contribution in [0, 0.1) is 11.2 Å². The van der Waals surface area contributed by atoms with Crippen LogP contribution in [0.5, 0.6) is 17.2 Å². The number of phenolic OH excluding ortho intramolecular Hbond substituents is 1. The number of carboxylic acid groups (broad SMARTS) is 1. The number of benzene rings is 2. The van der Waals surface area contributed by atoms with Gasteiger partial charge in [-0.1, -0.05) is 20.8 Å². The molecule has 1 atom stereocenters. The van der Waals surface area contributed by atoms with Gasteiger partial charge in [-0.15, -0.1) is 0 Å². The molecular formula is C32H37F4N3O9. The summed E-state index contributed by atoms with van der Waals surface area (Å²) in [5.41, 5.74) is -0.232. The minimum absolute atomic E-state index is 0.0180. The van der Waals surface area contributed by atoms with Crippen LogP contribution in [-0.4, -0.2) is 76.6 Å². The molecule has 2 aliphatic heterocycles. The Labute approximate surface area is 273 Å². The fraction of sp³-hybridized carbons (Fsp3) is 0.469. The lowest BCUT2D eigenvalue weighted by Crippen LogP contribution is -2.32. The van der Waals surface area contributed by atoms with Gasteiger partial charge in [-0.2, -0.15) is 13.2 Å². The number of nitrogens with zero attached hydrogens (tertiary/aromatic N) is 1. The van der Waals surface area contributed by atoms with Gasteiger partial charge in [-0.05, 0) is 49.4 Å². The first-order chi connectivity index (χ1) is 22.3. The summed E-state index contributed by atoms with van der Waals surface area (Å²) in [4.78, 5) is 46.4. The summed E-state index contributed by atoms with van der Waals surface area (Å²) in [7, 11) is 0. The molecule has 4 N–H and O–H groups in total. The fourth-order valence-corrected chi connectivity index (χ4v) is 4.99. The number of ether oxygens (including phenoxy) is 3. The third-order valence-corrected chi connectivity index (χ3v) is 7.31. The molecule has 0 radical (unpaired) electrons. The first-order valence-corrected chi connectivity index (χ1v) is 14.9. The largest absolute Gasteiger partial charge is 0.507 e. The molecule has 2 aromatic carbocycles. The molecule has 2 heterocycles. The van der Waals surface area contributed by atoms with Gasteiger partial charge in [0.25, 0.3) is 0 Å². The van der Waals surface area contributed by atoms with E-state index in [1.165, 1.54) is 11.0 Å². The maximum absolute atomic E-state index is 15.3. The maximum atomic E-state index is 15.3. The van der Waals surface area contributed by atoms with Crippen LogP contribution in [0.15, 0.2) is 18.2 Å². The van der Waals surface area contributed by atoms with Gasteiger partial charge in [0.2, 0.25) is 5.91 Å². The predicted octanol–water partition coefficient (Wildman–Crippen LogP) is 4.61. The summed E-state index contributed by atoms with van der Waals surface area (Å²) in [6.45, 7) is 7.77. The number of Topliss-reactive ketones (excluding diaryl/α,β-unsaturated/α-hetero) is 1. The van der Waals surface area contributed by atoms with E-state index in [1.807, 2.05) is 0 Å². The SMILES string of the molecule is CCOc1cc2c(c(F)c1OCC)C(=N)N(CC(=O)c1cc(COC(=O)C(F)(F)F)c(O)c(C(C)(C)C)c1)C2.O=C1CCC(C(=O)O)N1. The van der Waals surface area contributed by atoms with Gasteiger partial charge in [0.05, 0.1) is 25.3 Å². The number of aliphatic carboxylic acids is 1. The number of aromatic hydroxyl groups is 1. The van der Waals surface area contributed by atoms with E-state index in [0.717, 1.165) is 6.07 Å². The molecule has 16 heteroatoms. The molecule has 262 valence electrons. The minimum Gasteiger partial charge on any atom is -0.507 e. The monoisotopic (exact) mass is 683 g/mol. The van der Waals surface area contributed by atoms with Crippen LogP contribution in [0.3, 0.4) is 0 Å². The highest BCUT2D eigenvalue weighted by Crippen LogP contribution is 2.39. The van der Waals surface area contributed by atoms with Crippen LogP contribution in [0.2, 0.25) is 0 Å². The molecule has 1 unspecified atom stereocenters. The fourth-order valence-electron chi connectivity index (χ4n) is 4.99. The van der Waals surface area contributed by atoms with E-state index >= 15 is 4.39 Å². The molecule has 0 saturated carbocycles. The van der Waals surface area contributed by atoms with Crippen molar-refractivity contribution in [2.45, 2.75) is 78.2 Å². The molecule has 0 bridgehead atoms. The quantitative estimate of drug-likeness (QED) is 0.157.